The zero-order chi connectivity index (χ0) is 11.5. The van der Waals surface area contributed by atoms with Crippen molar-refractivity contribution < 1.29 is 4.74 Å². The van der Waals surface area contributed by atoms with Crippen molar-refractivity contribution in [2.75, 3.05) is 6.54 Å². The number of ether oxygens (including phenoxy) is 1. The highest BCUT2D eigenvalue weighted by atomic mass is 35.5. The van der Waals surface area contributed by atoms with E-state index >= 15 is 0 Å². The Kier molecular flexibility index (Phi) is 4.00. The van der Waals surface area contributed by atoms with Crippen LogP contribution in [0, 0.1) is 6.92 Å². The number of halogens is 1. The lowest BCUT2D eigenvalue weighted by molar-refractivity contribution is 0.101. The summed E-state index contributed by atoms with van der Waals surface area (Å²) in [6.45, 7) is 6.68. The fraction of sp³-hybridized carbons (Fsp3) is 0.500. The first-order valence-corrected chi connectivity index (χ1v) is 5.48. The fourth-order valence-electron chi connectivity index (χ4n) is 1.42. The third-order valence-corrected chi connectivity index (χ3v) is 2.50. The van der Waals surface area contributed by atoms with E-state index in [2.05, 4.69) is 0 Å². The summed E-state index contributed by atoms with van der Waals surface area (Å²) >= 11 is 5.87. The lowest BCUT2D eigenvalue weighted by Crippen LogP contribution is -2.31. The fourth-order valence-corrected chi connectivity index (χ4v) is 1.65. The maximum absolute atomic E-state index is 5.89. The lowest BCUT2D eigenvalue weighted by Gasteiger charge is -2.26. The van der Waals surface area contributed by atoms with E-state index in [1.54, 1.807) is 0 Å². The summed E-state index contributed by atoms with van der Waals surface area (Å²) in [5.41, 5.74) is 6.35. The van der Waals surface area contributed by atoms with Crippen molar-refractivity contribution in [1.29, 1.82) is 0 Å². The number of hydrogen-bond donors (Lipinski definition) is 1. The average Bonchev–Trinajstić information content (AvgIpc) is 2.09. The first kappa shape index (κ1) is 12.3. The summed E-state index contributed by atoms with van der Waals surface area (Å²) in [5, 5.41) is 0.733. The molecule has 0 radical (unpaired) electrons. The predicted molar refractivity (Wildman–Crippen MR) is 64.6 cm³/mol. The topological polar surface area (TPSA) is 35.2 Å². The minimum atomic E-state index is -0.229. The summed E-state index contributed by atoms with van der Waals surface area (Å²) in [5.74, 6) is 0.873. The summed E-state index contributed by atoms with van der Waals surface area (Å²) < 4.78 is 5.89. The van der Waals surface area contributed by atoms with Crippen LogP contribution in [0.2, 0.25) is 5.02 Å². The van der Waals surface area contributed by atoms with Crippen molar-refractivity contribution in [3.63, 3.8) is 0 Å². The molecule has 0 aliphatic rings. The molecule has 0 saturated heterocycles. The van der Waals surface area contributed by atoms with Crippen LogP contribution in [-0.4, -0.2) is 12.1 Å². The van der Waals surface area contributed by atoms with E-state index < -0.39 is 0 Å². The van der Waals surface area contributed by atoms with Gasteiger partial charge in [0.05, 0.1) is 0 Å². The standard InChI is InChI=1S/C12H18ClNO/c1-9-8-10(13)4-5-11(9)15-12(2,3)6-7-14/h4-5,8H,6-7,14H2,1-3H3. The van der Waals surface area contributed by atoms with Gasteiger partial charge in [0.25, 0.3) is 0 Å². The van der Waals surface area contributed by atoms with Gasteiger partial charge in [0.15, 0.2) is 0 Å². The Balaban J connectivity index is 2.80. The van der Waals surface area contributed by atoms with Gasteiger partial charge in [0.1, 0.15) is 11.4 Å². The number of aryl methyl sites for hydroxylation is 1. The van der Waals surface area contributed by atoms with Crippen LogP contribution in [0.3, 0.4) is 0 Å². The van der Waals surface area contributed by atoms with Crippen molar-refractivity contribution in [1.82, 2.24) is 0 Å². The van der Waals surface area contributed by atoms with Gasteiger partial charge in [-0.3, -0.25) is 0 Å². The number of nitrogens with two attached hydrogens (primary N) is 1. The minimum absolute atomic E-state index is 0.229. The van der Waals surface area contributed by atoms with E-state index in [1.807, 2.05) is 39.0 Å². The van der Waals surface area contributed by atoms with Crippen LogP contribution in [0.1, 0.15) is 25.8 Å². The summed E-state index contributed by atoms with van der Waals surface area (Å²) in [4.78, 5) is 0. The molecule has 84 valence electrons. The Hall–Kier alpha value is -0.730. The van der Waals surface area contributed by atoms with Crippen LogP contribution >= 0.6 is 11.6 Å². The molecular weight excluding hydrogens is 210 g/mol. The maximum Gasteiger partial charge on any atom is 0.123 e. The Bertz CT molecular complexity index is 336. The average molecular weight is 228 g/mol. The van der Waals surface area contributed by atoms with Crippen LogP contribution in [-0.2, 0) is 0 Å². The molecule has 0 fully saturated rings. The van der Waals surface area contributed by atoms with Crippen LogP contribution in [0.5, 0.6) is 5.75 Å². The van der Waals surface area contributed by atoms with Crippen molar-refractivity contribution >= 4 is 11.6 Å². The normalized spacial score (nSPS) is 11.5. The zero-order valence-corrected chi connectivity index (χ0v) is 10.3. The molecule has 0 aliphatic carbocycles. The second-order valence-corrected chi connectivity index (χ2v) is 4.75. The van der Waals surface area contributed by atoms with Crippen molar-refractivity contribution in [3.05, 3.63) is 28.8 Å². The number of benzene rings is 1. The highest BCUT2D eigenvalue weighted by Crippen LogP contribution is 2.26. The highest BCUT2D eigenvalue weighted by Gasteiger charge is 2.19. The Morgan fingerprint density at radius 2 is 2.07 bits per heavy atom. The smallest absolute Gasteiger partial charge is 0.123 e. The van der Waals surface area contributed by atoms with E-state index in [0.717, 1.165) is 22.8 Å². The number of rotatable bonds is 4. The van der Waals surface area contributed by atoms with Gasteiger partial charge in [0.2, 0.25) is 0 Å². The van der Waals surface area contributed by atoms with Crippen LogP contribution in [0.4, 0.5) is 0 Å². The van der Waals surface area contributed by atoms with Gasteiger partial charge in [-0.25, -0.2) is 0 Å². The molecule has 3 heteroatoms. The summed E-state index contributed by atoms with van der Waals surface area (Å²) in [6, 6.07) is 5.63. The molecular formula is C12H18ClNO. The molecule has 1 rings (SSSR count). The lowest BCUT2D eigenvalue weighted by atomic mass is 10.1. The molecule has 0 unspecified atom stereocenters. The van der Waals surface area contributed by atoms with Crippen LogP contribution in [0.15, 0.2) is 18.2 Å². The SMILES string of the molecule is Cc1cc(Cl)ccc1OC(C)(C)CCN. The number of hydrogen-bond acceptors (Lipinski definition) is 2. The molecule has 2 nitrogen and oxygen atoms in total. The van der Waals surface area contributed by atoms with Gasteiger partial charge >= 0.3 is 0 Å². The van der Waals surface area contributed by atoms with Crippen molar-refractivity contribution in [2.45, 2.75) is 32.8 Å². The molecule has 0 bridgehead atoms. The molecule has 1 aromatic carbocycles. The quantitative estimate of drug-likeness (QED) is 0.858. The van der Waals surface area contributed by atoms with Crippen LogP contribution in [0.25, 0.3) is 0 Å². The molecule has 2 N–H and O–H groups in total. The van der Waals surface area contributed by atoms with Crippen molar-refractivity contribution in [3.8, 4) is 5.75 Å². The second-order valence-electron chi connectivity index (χ2n) is 4.31. The first-order valence-electron chi connectivity index (χ1n) is 5.10. The van der Waals surface area contributed by atoms with Crippen LogP contribution < -0.4 is 10.5 Å². The Morgan fingerprint density at radius 3 is 2.60 bits per heavy atom. The van der Waals surface area contributed by atoms with Gasteiger partial charge in [-0.1, -0.05) is 11.6 Å². The third-order valence-electron chi connectivity index (χ3n) is 2.27. The first-order chi connectivity index (χ1) is 6.94. The molecule has 0 aromatic heterocycles. The van der Waals surface area contributed by atoms with Gasteiger partial charge < -0.3 is 10.5 Å². The van der Waals surface area contributed by atoms with Gasteiger partial charge in [-0.15, -0.1) is 0 Å². The van der Waals surface area contributed by atoms with Gasteiger partial charge in [-0.2, -0.15) is 0 Å². The molecule has 0 heterocycles. The van der Waals surface area contributed by atoms with E-state index in [-0.39, 0.29) is 5.60 Å². The predicted octanol–water partition coefficient (Wildman–Crippen LogP) is 3.15. The van der Waals surface area contributed by atoms with Gasteiger partial charge in [-0.05, 0) is 57.5 Å². The third kappa shape index (κ3) is 3.73. The molecule has 15 heavy (non-hydrogen) atoms. The van der Waals surface area contributed by atoms with E-state index in [0.29, 0.717) is 6.54 Å². The summed E-state index contributed by atoms with van der Waals surface area (Å²) in [6.07, 6.45) is 0.828. The van der Waals surface area contributed by atoms with Gasteiger partial charge in [0, 0.05) is 5.02 Å². The molecule has 0 aliphatic heterocycles. The maximum atomic E-state index is 5.89. The molecule has 1 aromatic rings. The van der Waals surface area contributed by atoms with E-state index in [4.69, 9.17) is 22.1 Å². The van der Waals surface area contributed by atoms with Crippen molar-refractivity contribution in [2.24, 2.45) is 5.73 Å². The Labute approximate surface area is 96.4 Å². The van der Waals surface area contributed by atoms with E-state index in [1.165, 1.54) is 0 Å². The summed E-state index contributed by atoms with van der Waals surface area (Å²) in [7, 11) is 0. The molecule has 0 saturated carbocycles. The second kappa shape index (κ2) is 4.86. The monoisotopic (exact) mass is 227 g/mol. The zero-order valence-electron chi connectivity index (χ0n) is 9.51. The minimum Gasteiger partial charge on any atom is -0.488 e. The molecule has 0 spiro atoms. The largest absolute Gasteiger partial charge is 0.488 e. The molecule has 0 atom stereocenters. The van der Waals surface area contributed by atoms with E-state index in [9.17, 15) is 0 Å². The molecule has 0 amide bonds. The highest BCUT2D eigenvalue weighted by molar-refractivity contribution is 6.30. The Morgan fingerprint density at radius 1 is 1.40 bits per heavy atom.